The third-order valence-corrected chi connectivity index (χ3v) is 1.58. The molecule has 0 aliphatic heterocycles. The van der Waals surface area contributed by atoms with Gasteiger partial charge in [0.2, 0.25) is 0 Å². The lowest BCUT2D eigenvalue weighted by Crippen LogP contribution is -1.63. The van der Waals surface area contributed by atoms with Crippen LogP contribution in [0.15, 0.2) is 35.7 Å². The van der Waals surface area contributed by atoms with Crippen molar-refractivity contribution in [1.29, 1.82) is 0 Å². The molecule has 46 valence electrons. The molecule has 9 heavy (non-hydrogen) atoms. The Hall–Kier alpha value is -0.365. The predicted molar refractivity (Wildman–Crippen MR) is 46.7 cm³/mol. The van der Waals surface area contributed by atoms with Crippen LogP contribution in [-0.2, 0) is 0 Å². The molecular weight excluding hydrogens is 127 g/mol. The van der Waals surface area contributed by atoms with E-state index in [1.54, 1.807) is 23.9 Å². The number of allylic oxidation sites excluding steroid dienone is 3. The maximum Gasteiger partial charge on any atom is 0.102 e. The Labute approximate surface area is 62.1 Å². The molecule has 0 fully saturated rings. The average Bonchev–Trinajstić information content (AvgIpc) is 1.91. The van der Waals surface area contributed by atoms with Gasteiger partial charge in [-0.2, -0.15) is 0 Å². The summed E-state index contributed by atoms with van der Waals surface area (Å²) >= 11 is 1.65. The molecule has 0 amide bonds. The van der Waals surface area contributed by atoms with Crippen LogP contribution in [0.4, 0.5) is 0 Å². The Morgan fingerprint density at radius 2 is 2.33 bits per heavy atom. The first kappa shape index (κ1) is 8.63. The maximum atomic E-state index is 5.12. The first-order valence-corrected chi connectivity index (χ1v) is 3.82. The van der Waals surface area contributed by atoms with Crippen molar-refractivity contribution in [1.82, 2.24) is 0 Å². The normalized spacial score (nSPS) is 12.3. The molecule has 0 spiro atoms. The highest BCUT2D eigenvalue weighted by molar-refractivity contribution is 8.02. The zero-order valence-electron chi connectivity index (χ0n) is 5.50. The molecule has 2 radical (unpaired) electrons. The van der Waals surface area contributed by atoms with E-state index in [1.165, 1.54) is 5.98 Å². The summed E-state index contributed by atoms with van der Waals surface area (Å²) in [6.45, 7) is 3.62. The Morgan fingerprint density at radius 1 is 1.67 bits per heavy atom. The van der Waals surface area contributed by atoms with E-state index in [4.69, 9.17) is 7.85 Å². The van der Waals surface area contributed by atoms with Crippen molar-refractivity contribution in [2.24, 2.45) is 0 Å². The van der Waals surface area contributed by atoms with E-state index in [-0.39, 0.29) is 0 Å². The van der Waals surface area contributed by atoms with Crippen molar-refractivity contribution in [3.63, 3.8) is 0 Å². The Balaban J connectivity index is 3.90. The topological polar surface area (TPSA) is 0 Å². The van der Waals surface area contributed by atoms with Gasteiger partial charge in [0.15, 0.2) is 0 Å². The van der Waals surface area contributed by atoms with Gasteiger partial charge in [-0.05, 0) is 12.3 Å². The predicted octanol–water partition coefficient (Wildman–Crippen LogP) is 2.10. The Kier molecular flexibility index (Phi) is 5.53. The molecule has 0 aromatic carbocycles. The number of rotatable bonds is 3. The quantitative estimate of drug-likeness (QED) is 0.422. The van der Waals surface area contributed by atoms with Crippen molar-refractivity contribution >= 4 is 19.6 Å². The molecule has 0 unspecified atom stereocenters. The summed E-state index contributed by atoms with van der Waals surface area (Å²) in [6.07, 6.45) is 7.49. The molecule has 0 atom stereocenters. The van der Waals surface area contributed by atoms with Crippen LogP contribution < -0.4 is 0 Å². The minimum absolute atomic E-state index is 1.12. The van der Waals surface area contributed by atoms with Crippen molar-refractivity contribution in [3.8, 4) is 0 Å². The van der Waals surface area contributed by atoms with Crippen LogP contribution in [0.5, 0.6) is 0 Å². The van der Waals surface area contributed by atoms with Gasteiger partial charge in [0.25, 0.3) is 0 Å². The molecule has 0 aliphatic carbocycles. The zero-order chi connectivity index (χ0) is 7.11. The largest absolute Gasteiger partial charge is 0.132 e. The lowest BCUT2D eigenvalue weighted by Gasteiger charge is -1.89. The third-order valence-electron chi connectivity index (χ3n) is 0.808. The minimum atomic E-state index is 1.12. The molecule has 0 saturated carbocycles. The highest BCUT2D eigenvalue weighted by Crippen LogP contribution is 2.11. The highest BCUT2D eigenvalue weighted by atomic mass is 32.2. The van der Waals surface area contributed by atoms with Gasteiger partial charge in [0.05, 0.1) is 0 Å². The highest BCUT2D eigenvalue weighted by Gasteiger charge is 1.80. The Bertz CT molecular complexity index is 136. The van der Waals surface area contributed by atoms with E-state index in [0.717, 1.165) is 4.91 Å². The lowest BCUT2D eigenvalue weighted by molar-refractivity contribution is 1.90. The van der Waals surface area contributed by atoms with Crippen LogP contribution in [0, 0.1) is 0 Å². The fraction of sp³-hybridized carbons (Fsp3) is 0.143. The van der Waals surface area contributed by atoms with E-state index >= 15 is 0 Å². The van der Waals surface area contributed by atoms with E-state index < -0.39 is 0 Å². The van der Waals surface area contributed by atoms with Crippen LogP contribution >= 0.6 is 11.8 Å². The van der Waals surface area contributed by atoms with Crippen LogP contribution in [0.3, 0.4) is 0 Å². The van der Waals surface area contributed by atoms with Crippen molar-refractivity contribution in [2.75, 3.05) is 6.26 Å². The number of hydrogen-bond donors (Lipinski definition) is 0. The van der Waals surface area contributed by atoms with Gasteiger partial charge >= 0.3 is 0 Å². The second-order valence-corrected chi connectivity index (χ2v) is 2.24. The lowest BCUT2D eigenvalue weighted by atomic mass is 10.1. The molecule has 0 nitrogen and oxygen atoms in total. The van der Waals surface area contributed by atoms with Crippen LogP contribution in [0.1, 0.15) is 0 Å². The van der Waals surface area contributed by atoms with Crippen LogP contribution in [0.25, 0.3) is 0 Å². The molecule has 0 N–H and O–H groups in total. The fourth-order valence-corrected chi connectivity index (χ4v) is 0.751. The number of hydrogen-bond acceptors (Lipinski definition) is 1. The summed E-state index contributed by atoms with van der Waals surface area (Å²) in [6, 6.07) is 0. The molecular formula is C7H9BS. The minimum Gasteiger partial charge on any atom is -0.132 e. The SMILES string of the molecule is [B]/C=C/C=C(\C=C)SC. The standard InChI is InChI=1S/C7H9BS/c1-3-7(9-2)5-4-6-8/h3-6H,1H2,2H3/b6-4+,7-5+. The third kappa shape index (κ3) is 4.16. The summed E-state index contributed by atoms with van der Waals surface area (Å²) in [5.74, 6) is 1.50. The van der Waals surface area contributed by atoms with Gasteiger partial charge in [-0.3, -0.25) is 0 Å². The molecule has 0 aliphatic rings. The van der Waals surface area contributed by atoms with Crippen molar-refractivity contribution in [3.05, 3.63) is 35.7 Å². The van der Waals surface area contributed by atoms with E-state index in [2.05, 4.69) is 6.58 Å². The molecule has 0 bridgehead atoms. The molecule has 0 rings (SSSR count). The van der Waals surface area contributed by atoms with Crippen LogP contribution in [0.2, 0.25) is 0 Å². The van der Waals surface area contributed by atoms with Gasteiger partial charge in [-0.25, -0.2) is 0 Å². The summed E-state index contributed by atoms with van der Waals surface area (Å²) in [5.41, 5.74) is 0. The van der Waals surface area contributed by atoms with Crippen molar-refractivity contribution < 1.29 is 0 Å². The summed E-state index contributed by atoms with van der Waals surface area (Å²) in [7, 11) is 5.12. The van der Waals surface area contributed by atoms with E-state index in [0.29, 0.717) is 0 Å². The smallest absolute Gasteiger partial charge is 0.102 e. The van der Waals surface area contributed by atoms with Gasteiger partial charge in [-0.15, -0.1) is 17.7 Å². The van der Waals surface area contributed by atoms with Gasteiger partial charge in [0.1, 0.15) is 7.85 Å². The summed E-state index contributed by atoms with van der Waals surface area (Å²) in [4.78, 5) is 1.12. The second kappa shape index (κ2) is 5.77. The molecule has 0 aromatic heterocycles. The molecule has 2 heteroatoms. The molecule has 0 aromatic rings. The first-order chi connectivity index (χ1) is 4.35. The van der Waals surface area contributed by atoms with Gasteiger partial charge in [0, 0.05) is 4.91 Å². The summed E-state index contributed by atoms with van der Waals surface area (Å²) < 4.78 is 0. The summed E-state index contributed by atoms with van der Waals surface area (Å²) in [5, 5.41) is 0. The van der Waals surface area contributed by atoms with Gasteiger partial charge < -0.3 is 0 Å². The number of thioether (sulfide) groups is 1. The molecule has 0 heterocycles. The first-order valence-electron chi connectivity index (χ1n) is 2.60. The monoisotopic (exact) mass is 136 g/mol. The second-order valence-electron chi connectivity index (χ2n) is 1.36. The van der Waals surface area contributed by atoms with Gasteiger partial charge in [-0.1, -0.05) is 18.7 Å². The average molecular weight is 136 g/mol. The molecule has 0 saturated heterocycles. The van der Waals surface area contributed by atoms with E-state index in [1.807, 2.05) is 12.3 Å². The maximum absolute atomic E-state index is 5.12. The zero-order valence-corrected chi connectivity index (χ0v) is 6.32. The van der Waals surface area contributed by atoms with Crippen LogP contribution in [-0.4, -0.2) is 14.1 Å². The van der Waals surface area contributed by atoms with Crippen molar-refractivity contribution in [2.45, 2.75) is 0 Å². The Morgan fingerprint density at radius 3 is 2.67 bits per heavy atom. The fourth-order valence-electron chi connectivity index (χ4n) is 0.370. The van der Waals surface area contributed by atoms with E-state index in [9.17, 15) is 0 Å².